The number of thiophene rings is 1. The fraction of sp³-hybridized carbons (Fsp3) is 0.250. The van der Waals surface area contributed by atoms with Gasteiger partial charge in [-0.2, -0.15) is 15.0 Å². The van der Waals surface area contributed by atoms with E-state index in [1.807, 2.05) is 0 Å². The summed E-state index contributed by atoms with van der Waals surface area (Å²) in [7, 11) is -1.68. The topological polar surface area (TPSA) is 149 Å². The lowest BCUT2D eigenvalue weighted by atomic mass is 10.5. The first-order valence-corrected chi connectivity index (χ1v) is 8.88. The molecule has 134 valence electrons. The van der Waals surface area contributed by atoms with Gasteiger partial charge < -0.3 is 9.47 Å². The van der Waals surface area contributed by atoms with Crippen molar-refractivity contribution in [3.8, 4) is 6.01 Å². The highest BCUT2D eigenvalue weighted by Gasteiger charge is 2.22. The molecule has 0 saturated carbocycles. The van der Waals surface area contributed by atoms with Gasteiger partial charge in [0.2, 0.25) is 5.95 Å². The van der Waals surface area contributed by atoms with Crippen molar-refractivity contribution in [2.45, 2.75) is 11.8 Å². The van der Waals surface area contributed by atoms with E-state index in [4.69, 9.17) is 4.74 Å². The van der Waals surface area contributed by atoms with Crippen molar-refractivity contribution in [1.29, 1.82) is 0 Å². The zero-order valence-electron chi connectivity index (χ0n) is 13.3. The number of sulfonamides is 1. The molecule has 25 heavy (non-hydrogen) atoms. The van der Waals surface area contributed by atoms with E-state index in [-0.39, 0.29) is 27.6 Å². The number of esters is 1. The van der Waals surface area contributed by atoms with Gasteiger partial charge in [-0.15, -0.1) is 11.3 Å². The number of ether oxygens (including phenoxy) is 2. The van der Waals surface area contributed by atoms with Crippen LogP contribution in [-0.4, -0.2) is 49.6 Å². The zero-order valence-corrected chi connectivity index (χ0v) is 14.9. The van der Waals surface area contributed by atoms with Crippen molar-refractivity contribution in [3.63, 3.8) is 0 Å². The zero-order chi connectivity index (χ0) is 18.6. The molecule has 0 aromatic carbocycles. The van der Waals surface area contributed by atoms with Crippen molar-refractivity contribution in [2.75, 3.05) is 19.5 Å². The molecule has 0 unspecified atom stereocenters. The summed E-state index contributed by atoms with van der Waals surface area (Å²) in [4.78, 5) is 34.5. The molecule has 0 atom stereocenters. The van der Waals surface area contributed by atoms with E-state index >= 15 is 0 Å². The van der Waals surface area contributed by atoms with Gasteiger partial charge in [0.1, 0.15) is 10.7 Å². The molecule has 0 saturated heterocycles. The summed E-state index contributed by atoms with van der Waals surface area (Å²) in [6, 6.07) is -0.0212. The predicted octanol–water partition coefficient (Wildman–Crippen LogP) is 0.547. The predicted molar refractivity (Wildman–Crippen MR) is 86.1 cm³/mol. The monoisotopic (exact) mass is 387 g/mol. The third-order valence-electron chi connectivity index (χ3n) is 2.63. The fourth-order valence-corrected chi connectivity index (χ4v) is 3.68. The fourth-order valence-electron chi connectivity index (χ4n) is 1.58. The summed E-state index contributed by atoms with van der Waals surface area (Å²) in [5.41, 5.74) is 0. The van der Waals surface area contributed by atoms with Crippen LogP contribution in [0.4, 0.5) is 10.7 Å². The van der Waals surface area contributed by atoms with Crippen molar-refractivity contribution in [1.82, 2.24) is 19.7 Å². The average molecular weight is 387 g/mol. The van der Waals surface area contributed by atoms with Crippen molar-refractivity contribution in [2.24, 2.45) is 0 Å². The summed E-state index contributed by atoms with van der Waals surface area (Å²) in [6.07, 6.45) is 0. The SMILES string of the molecule is COC(=O)c1cc(S(=O)(=O)NC(=O)Nc2nc(C)nc(OC)n2)cs1. The molecular weight excluding hydrogens is 374 g/mol. The van der Waals surface area contributed by atoms with E-state index < -0.39 is 22.0 Å². The van der Waals surface area contributed by atoms with Crippen molar-refractivity contribution in [3.05, 3.63) is 22.1 Å². The van der Waals surface area contributed by atoms with Crippen LogP contribution < -0.4 is 14.8 Å². The standard InChI is InChI=1S/C12H13N5O6S2/c1-6-13-10(16-12(14-6)23-3)15-11(19)17-25(20,21)7-4-8(24-5-7)9(18)22-2/h4-5H,1-3H3,(H2,13,14,15,16,17,19). The second-order valence-electron chi connectivity index (χ2n) is 4.39. The Morgan fingerprint density at radius 1 is 1.20 bits per heavy atom. The molecule has 2 aromatic heterocycles. The van der Waals surface area contributed by atoms with Gasteiger partial charge >= 0.3 is 18.0 Å². The third-order valence-corrected chi connectivity index (χ3v) is 5.00. The van der Waals surface area contributed by atoms with E-state index in [2.05, 4.69) is 25.0 Å². The Kier molecular flexibility index (Phi) is 5.48. The van der Waals surface area contributed by atoms with Crippen LogP contribution in [0.15, 0.2) is 16.3 Å². The molecule has 0 spiro atoms. The van der Waals surface area contributed by atoms with Gasteiger partial charge in [-0.3, -0.25) is 5.32 Å². The van der Waals surface area contributed by atoms with Gasteiger partial charge in [-0.1, -0.05) is 0 Å². The lowest BCUT2D eigenvalue weighted by molar-refractivity contribution is 0.0606. The van der Waals surface area contributed by atoms with Crippen LogP contribution in [0.2, 0.25) is 0 Å². The number of hydrogen-bond donors (Lipinski definition) is 2. The number of rotatable bonds is 5. The van der Waals surface area contributed by atoms with Crippen LogP contribution >= 0.6 is 11.3 Å². The highest BCUT2D eigenvalue weighted by molar-refractivity contribution is 7.90. The highest BCUT2D eigenvalue weighted by Crippen LogP contribution is 2.20. The Labute approximate surface area is 146 Å². The van der Waals surface area contributed by atoms with E-state index in [1.165, 1.54) is 19.6 Å². The summed E-state index contributed by atoms with van der Waals surface area (Å²) >= 11 is 0.872. The normalized spacial score (nSPS) is 10.8. The highest BCUT2D eigenvalue weighted by atomic mass is 32.2. The Morgan fingerprint density at radius 3 is 2.56 bits per heavy atom. The number of carbonyl (C=O) groups is 2. The summed E-state index contributed by atoms with van der Waals surface area (Å²) in [5.74, 6) is -0.591. The van der Waals surface area contributed by atoms with Crippen molar-refractivity contribution >= 4 is 39.3 Å². The second-order valence-corrected chi connectivity index (χ2v) is 6.98. The van der Waals surface area contributed by atoms with Gasteiger partial charge in [-0.25, -0.2) is 22.7 Å². The van der Waals surface area contributed by atoms with Crippen LogP contribution in [0.1, 0.15) is 15.5 Å². The van der Waals surface area contributed by atoms with Crippen LogP contribution in [-0.2, 0) is 14.8 Å². The van der Waals surface area contributed by atoms with Crippen LogP contribution in [0.3, 0.4) is 0 Å². The van der Waals surface area contributed by atoms with Gasteiger partial charge in [0.25, 0.3) is 10.0 Å². The maximum absolute atomic E-state index is 12.2. The minimum absolute atomic E-state index is 0.0359. The minimum atomic E-state index is -4.19. The molecule has 13 heteroatoms. The molecule has 0 fully saturated rings. The molecule has 0 radical (unpaired) electrons. The summed E-state index contributed by atoms with van der Waals surface area (Å²) in [6.45, 7) is 1.55. The second kappa shape index (κ2) is 7.40. The van der Waals surface area contributed by atoms with Gasteiger partial charge in [0, 0.05) is 5.38 Å². The number of urea groups is 1. The maximum atomic E-state index is 12.2. The Bertz CT molecular complexity index is 910. The molecule has 2 N–H and O–H groups in total. The molecule has 2 amide bonds. The molecule has 2 aromatic rings. The molecular formula is C12H13N5O6S2. The minimum Gasteiger partial charge on any atom is -0.467 e. The number of methoxy groups -OCH3 is 2. The number of nitrogens with zero attached hydrogens (tertiary/aromatic N) is 3. The molecule has 2 rings (SSSR count). The number of aryl methyl sites for hydroxylation is 1. The quantitative estimate of drug-likeness (QED) is 0.701. The average Bonchev–Trinajstić information content (AvgIpc) is 3.03. The number of anilines is 1. The largest absolute Gasteiger partial charge is 0.467 e. The summed E-state index contributed by atoms with van der Waals surface area (Å²) < 4.78 is 35.4. The lowest BCUT2D eigenvalue weighted by Gasteiger charge is -2.07. The molecule has 0 aliphatic heterocycles. The first kappa shape index (κ1) is 18.5. The molecule has 11 nitrogen and oxygen atoms in total. The Morgan fingerprint density at radius 2 is 1.92 bits per heavy atom. The third kappa shape index (κ3) is 4.60. The van der Waals surface area contributed by atoms with Crippen LogP contribution in [0.5, 0.6) is 6.01 Å². The number of amides is 2. The van der Waals surface area contributed by atoms with Crippen molar-refractivity contribution < 1.29 is 27.5 Å². The van der Waals surface area contributed by atoms with Crippen LogP contribution in [0, 0.1) is 6.92 Å². The van der Waals surface area contributed by atoms with Gasteiger partial charge in [0.05, 0.1) is 19.1 Å². The van der Waals surface area contributed by atoms with Crippen LogP contribution in [0.25, 0.3) is 0 Å². The van der Waals surface area contributed by atoms with E-state index in [1.54, 1.807) is 11.6 Å². The molecule has 0 bridgehead atoms. The van der Waals surface area contributed by atoms with Gasteiger partial charge in [0.15, 0.2) is 0 Å². The maximum Gasteiger partial charge on any atom is 0.348 e. The smallest absolute Gasteiger partial charge is 0.348 e. The summed E-state index contributed by atoms with van der Waals surface area (Å²) in [5, 5.41) is 3.37. The van der Waals surface area contributed by atoms with E-state index in [0.717, 1.165) is 17.4 Å². The molecule has 2 heterocycles. The molecule has 0 aliphatic carbocycles. The number of carbonyl (C=O) groups excluding carboxylic acids is 2. The first-order chi connectivity index (χ1) is 11.7. The Balaban J connectivity index is 2.12. The van der Waals surface area contributed by atoms with E-state index in [0.29, 0.717) is 0 Å². The first-order valence-electron chi connectivity index (χ1n) is 6.52. The number of hydrogen-bond acceptors (Lipinski definition) is 10. The van der Waals surface area contributed by atoms with E-state index in [9.17, 15) is 18.0 Å². The number of aromatic nitrogens is 3. The number of nitrogens with one attached hydrogen (secondary N) is 2. The van der Waals surface area contributed by atoms with Gasteiger partial charge in [-0.05, 0) is 13.0 Å². The molecule has 0 aliphatic rings. The lowest BCUT2D eigenvalue weighted by Crippen LogP contribution is -2.34. The Hall–Kier alpha value is -2.80.